The van der Waals surface area contributed by atoms with E-state index in [1.54, 1.807) is 45.0 Å². The van der Waals surface area contributed by atoms with Crippen LogP contribution in [0.15, 0.2) is 48.1 Å². The van der Waals surface area contributed by atoms with Gasteiger partial charge in [0.05, 0.1) is 13.7 Å². The van der Waals surface area contributed by atoms with Gasteiger partial charge in [-0.15, -0.1) is 0 Å². The number of hydrogen-bond donors (Lipinski definition) is 2. The first-order valence-electron chi connectivity index (χ1n) is 14.8. The van der Waals surface area contributed by atoms with Crippen LogP contribution in [-0.4, -0.2) is 66.0 Å². The van der Waals surface area contributed by atoms with E-state index in [1.807, 2.05) is 38.8 Å². The molecule has 0 spiro atoms. The number of ketones is 1. The molecule has 1 aliphatic heterocycles. The van der Waals surface area contributed by atoms with E-state index < -0.39 is 23.7 Å². The highest BCUT2D eigenvalue weighted by molar-refractivity contribution is 9.08. The number of carbonyl (C=O) groups is 3. The number of ether oxygens (including phenoxy) is 2. The standard InChI is InChI=1S/C16H27NO.C14H19NO5.C2H6.CH3Br/c1-4-7-8-15(6-3)16(18)13-17-11-9-14(5-2)10-12-17;1-14(2,3)20-13(18)15-11(12(16)17)9-5-7-10(19-4)8-6-9;2*1-2/h6-8,14H,4-5,9-13H2,1-3H3;5-8,11H,1-4H3,(H,15,18)(H,16,17);1-2H3;1H3/b8-7-,15-6+;;;. The van der Waals surface area contributed by atoms with Crippen LogP contribution in [0, 0.1) is 5.92 Å². The van der Waals surface area contributed by atoms with Gasteiger partial charge in [0, 0.05) is 5.57 Å². The van der Waals surface area contributed by atoms with Crippen LogP contribution in [0.4, 0.5) is 4.79 Å². The van der Waals surface area contributed by atoms with Crippen molar-refractivity contribution in [3.05, 3.63) is 53.6 Å². The van der Waals surface area contributed by atoms with Crippen LogP contribution in [0.3, 0.4) is 0 Å². The van der Waals surface area contributed by atoms with Crippen molar-refractivity contribution in [2.45, 2.75) is 92.7 Å². The number of hydrogen-bond acceptors (Lipinski definition) is 6. The number of alkyl halides is 1. The molecule has 0 radical (unpaired) electrons. The van der Waals surface area contributed by atoms with Gasteiger partial charge in [0.25, 0.3) is 0 Å². The SMILES string of the molecule is C/C=C(\C=C/CC)C(=O)CN1CCC(CC)CC1.CBr.CC.COc1ccc(C(NC(=O)OC(C)(C)C)C(=O)O)cc1. The van der Waals surface area contributed by atoms with Crippen LogP contribution in [0.25, 0.3) is 0 Å². The second kappa shape index (κ2) is 23.9. The molecular formula is C33H55BrN2O6. The molecule has 1 aliphatic rings. The van der Waals surface area contributed by atoms with Crippen LogP contribution in [-0.2, 0) is 14.3 Å². The Bertz CT molecular complexity index is 946. The van der Waals surface area contributed by atoms with Crippen LogP contribution in [0.1, 0.15) is 92.7 Å². The number of carboxylic acids is 1. The number of aliphatic carboxylic acids is 1. The second-order valence-electron chi connectivity index (χ2n) is 10.3. The highest BCUT2D eigenvalue weighted by atomic mass is 79.9. The van der Waals surface area contributed by atoms with E-state index in [0.717, 1.165) is 31.0 Å². The average molecular weight is 656 g/mol. The zero-order valence-corrected chi connectivity index (χ0v) is 29.0. The number of rotatable bonds is 10. The summed E-state index contributed by atoms with van der Waals surface area (Å²) in [5.41, 5.74) is 0.603. The van der Waals surface area contributed by atoms with Gasteiger partial charge in [-0.2, -0.15) is 0 Å². The molecular weight excluding hydrogens is 600 g/mol. The van der Waals surface area contributed by atoms with E-state index in [1.165, 1.54) is 26.4 Å². The molecule has 8 nitrogen and oxygen atoms in total. The number of nitrogens with one attached hydrogen (secondary N) is 1. The lowest BCUT2D eigenvalue weighted by molar-refractivity contribution is -0.139. The zero-order valence-electron chi connectivity index (χ0n) is 27.5. The van der Waals surface area contributed by atoms with Gasteiger partial charge in [-0.1, -0.05) is 80.4 Å². The number of benzene rings is 1. The summed E-state index contributed by atoms with van der Waals surface area (Å²) < 4.78 is 10.0. The number of allylic oxidation sites excluding steroid dienone is 3. The number of carboxylic acid groups (broad SMARTS) is 1. The molecule has 1 fully saturated rings. The number of Topliss-reactive ketones (excluding diaryl/α,β-unsaturated/α-hetero) is 1. The largest absolute Gasteiger partial charge is 0.497 e. The molecule has 2 N–H and O–H groups in total. The molecule has 240 valence electrons. The minimum atomic E-state index is -1.17. The summed E-state index contributed by atoms with van der Waals surface area (Å²) in [6, 6.07) is 5.24. The van der Waals surface area contributed by atoms with Crippen LogP contribution >= 0.6 is 15.9 Å². The molecule has 0 saturated carbocycles. The maximum atomic E-state index is 12.1. The molecule has 0 aliphatic carbocycles. The molecule has 1 heterocycles. The fraction of sp³-hybridized carbons (Fsp3) is 0.606. The monoisotopic (exact) mass is 654 g/mol. The number of halogens is 1. The summed E-state index contributed by atoms with van der Waals surface area (Å²) >= 11 is 2.94. The van der Waals surface area contributed by atoms with Gasteiger partial charge in [0.2, 0.25) is 0 Å². The minimum Gasteiger partial charge on any atom is -0.497 e. The second-order valence-corrected chi connectivity index (χ2v) is 10.3. The normalized spacial score (nSPS) is 14.6. The van der Waals surface area contributed by atoms with Crippen molar-refractivity contribution in [2.24, 2.45) is 5.92 Å². The Morgan fingerprint density at radius 2 is 1.64 bits per heavy atom. The third-order valence-electron chi connectivity index (χ3n) is 6.17. The van der Waals surface area contributed by atoms with Gasteiger partial charge >= 0.3 is 12.1 Å². The minimum absolute atomic E-state index is 0.261. The molecule has 2 rings (SSSR count). The van der Waals surface area contributed by atoms with Crippen molar-refractivity contribution in [2.75, 3.05) is 32.6 Å². The maximum Gasteiger partial charge on any atom is 0.408 e. The first-order chi connectivity index (χ1) is 19.9. The Morgan fingerprint density at radius 1 is 1.10 bits per heavy atom. The highest BCUT2D eigenvalue weighted by Crippen LogP contribution is 2.20. The lowest BCUT2D eigenvalue weighted by atomic mass is 9.94. The van der Waals surface area contributed by atoms with E-state index in [4.69, 9.17) is 9.47 Å². The predicted molar refractivity (Wildman–Crippen MR) is 177 cm³/mol. The van der Waals surface area contributed by atoms with Crippen molar-refractivity contribution in [1.29, 1.82) is 0 Å². The van der Waals surface area contributed by atoms with Gasteiger partial charge in [0.15, 0.2) is 11.8 Å². The lowest BCUT2D eigenvalue weighted by Gasteiger charge is -2.30. The van der Waals surface area contributed by atoms with E-state index in [9.17, 15) is 19.5 Å². The van der Waals surface area contributed by atoms with E-state index >= 15 is 0 Å². The summed E-state index contributed by atoms with van der Waals surface area (Å²) in [6.45, 7) is 18.2. The predicted octanol–water partition coefficient (Wildman–Crippen LogP) is 7.97. The van der Waals surface area contributed by atoms with E-state index in [2.05, 4.69) is 46.1 Å². The number of carbonyl (C=O) groups excluding carboxylic acids is 2. The number of methoxy groups -OCH3 is 1. The highest BCUT2D eigenvalue weighted by Gasteiger charge is 2.25. The Kier molecular flexibility index (Phi) is 23.6. The molecule has 1 atom stereocenters. The molecule has 0 bridgehead atoms. The zero-order chi connectivity index (χ0) is 32.7. The van der Waals surface area contributed by atoms with Crippen LogP contribution < -0.4 is 10.1 Å². The van der Waals surface area contributed by atoms with Crippen molar-refractivity contribution < 1.29 is 29.0 Å². The Hall–Kier alpha value is -2.65. The van der Waals surface area contributed by atoms with Crippen molar-refractivity contribution in [1.82, 2.24) is 10.2 Å². The average Bonchev–Trinajstić information content (AvgIpc) is 2.98. The summed E-state index contributed by atoms with van der Waals surface area (Å²) in [5, 5.41) is 11.5. The fourth-order valence-electron chi connectivity index (χ4n) is 3.95. The van der Waals surface area contributed by atoms with Gasteiger partial charge < -0.3 is 19.9 Å². The molecule has 1 aromatic carbocycles. The number of amides is 1. The summed E-state index contributed by atoms with van der Waals surface area (Å²) in [7, 11) is 1.52. The van der Waals surface area contributed by atoms with Crippen molar-refractivity contribution in [3.8, 4) is 5.75 Å². The van der Waals surface area contributed by atoms with Crippen molar-refractivity contribution in [3.63, 3.8) is 0 Å². The summed E-state index contributed by atoms with van der Waals surface area (Å²) in [5.74, 6) is 2.39. The van der Waals surface area contributed by atoms with E-state index in [0.29, 0.717) is 17.9 Å². The van der Waals surface area contributed by atoms with Crippen molar-refractivity contribution >= 4 is 33.8 Å². The Balaban J connectivity index is 0. The van der Waals surface area contributed by atoms with Gasteiger partial charge in [0.1, 0.15) is 11.4 Å². The third kappa shape index (κ3) is 18.0. The molecule has 1 aromatic rings. The van der Waals surface area contributed by atoms with E-state index in [-0.39, 0.29) is 5.78 Å². The molecule has 1 unspecified atom stereocenters. The van der Waals surface area contributed by atoms with Gasteiger partial charge in [-0.3, -0.25) is 9.69 Å². The van der Waals surface area contributed by atoms with Crippen LogP contribution in [0.5, 0.6) is 5.75 Å². The quantitative estimate of drug-likeness (QED) is 0.150. The third-order valence-corrected chi connectivity index (χ3v) is 6.17. The number of alkyl carbamates (subject to hydrolysis) is 1. The first-order valence-corrected chi connectivity index (χ1v) is 16.3. The molecule has 9 heteroatoms. The number of likely N-dealkylation sites (tertiary alicyclic amines) is 1. The summed E-state index contributed by atoms with van der Waals surface area (Å²) in [6.07, 6.45) is 9.92. The fourth-order valence-corrected chi connectivity index (χ4v) is 3.95. The maximum absolute atomic E-state index is 12.1. The van der Waals surface area contributed by atoms with Gasteiger partial charge in [-0.05, 0) is 89.5 Å². The molecule has 0 aromatic heterocycles. The Labute approximate surface area is 263 Å². The van der Waals surface area contributed by atoms with Crippen LogP contribution in [0.2, 0.25) is 0 Å². The topological polar surface area (TPSA) is 105 Å². The van der Waals surface area contributed by atoms with Gasteiger partial charge in [-0.25, -0.2) is 9.59 Å². The first kappa shape index (κ1) is 41.5. The lowest BCUT2D eigenvalue weighted by Crippen LogP contribution is -2.38. The number of piperidine rings is 1. The molecule has 1 amide bonds. The molecule has 1 saturated heterocycles. The molecule has 42 heavy (non-hydrogen) atoms. The smallest absolute Gasteiger partial charge is 0.408 e. The number of nitrogens with zero attached hydrogens (tertiary/aromatic N) is 1. The Morgan fingerprint density at radius 3 is 2.05 bits per heavy atom. The summed E-state index contributed by atoms with van der Waals surface area (Å²) in [4.78, 5) is 37.3.